The Morgan fingerprint density at radius 1 is 1.22 bits per heavy atom. The van der Waals surface area contributed by atoms with Gasteiger partial charge in [0.1, 0.15) is 4.83 Å². The molecular formula is C18H18N4O4S. The number of aryl methyl sites for hydroxylation is 1. The van der Waals surface area contributed by atoms with E-state index in [0.717, 1.165) is 5.56 Å². The molecule has 2 N–H and O–H groups in total. The average molecular weight is 386 g/mol. The Balaban J connectivity index is 1.50. The predicted octanol–water partition coefficient (Wildman–Crippen LogP) is 2.34. The molecule has 0 fully saturated rings. The molecule has 0 aliphatic carbocycles. The van der Waals surface area contributed by atoms with E-state index in [1.165, 1.54) is 29.3 Å². The molecule has 2 aromatic heterocycles. The number of carbonyl (C=O) groups excluding carboxylic acids is 2. The van der Waals surface area contributed by atoms with Crippen molar-refractivity contribution in [1.29, 1.82) is 0 Å². The largest absolute Gasteiger partial charge is 0.453 e. The molecule has 0 saturated carbocycles. The van der Waals surface area contributed by atoms with Crippen LogP contribution in [0.5, 0.6) is 0 Å². The Kier molecular flexibility index (Phi) is 5.82. The van der Waals surface area contributed by atoms with Crippen molar-refractivity contribution < 1.29 is 14.3 Å². The van der Waals surface area contributed by atoms with E-state index < -0.39 is 6.09 Å². The lowest BCUT2D eigenvalue weighted by Gasteiger charge is -2.08. The number of benzene rings is 1. The van der Waals surface area contributed by atoms with Crippen molar-refractivity contribution in [3.8, 4) is 0 Å². The summed E-state index contributed by atoms with van der Waals surface area (Å²) in [5, 5.41) is 7.75. The van der Waals surface area contributed by atoms with Crippen molar-refractivity contribution >= 4 is 39.2 Å². The highest BCUT2D eigenvalue weighted by molar-refractivity contribution is 7.16. The number of hydrogen-bond acceptors (Lipinski definition) is 6. The minimum atomic E-state index is -0.540. The molecule has 8 nitrogen and oxygen atoms in total. The third-order valence-corrected chi connectivity index (χ3v) is 4.73. The number of nitrogens with zero attached hydrogens (tertiary/aromatic N) is 2. The lowest BCUT2D eigenvalue weighted by atomic mass is 10.2. The zero-order valence-corrected chi connectivity index (χ0v) is 15.4. The molecule has 2 heterocycles. The zero-order chi connectivity index (χ0) is 19.2. The number of carbonyl (C=O) groups is 2. The first-order chi connectivity index (χ1) is 13.1. The van der Waals surface area contributed by atoms with Crippen molar-refractivity contribution in [3.63, 3.8) is 0 Å². The summed E-state index contributed by atoms with van der Waals surface area (Å²) in [7, 11) is 1.29. The van der Waals surface area contributed by atoms with Gasteiger partial charge in [-0.2, -0.15) is 0 Å². The molecule has 0 aliphatic rings. The summed E-state index contributed by atoms with van der Waals surface area (Å²) < 4.78 is 5.97. The average Bonchev–Trinajstić information content (AvgIpc) is 3.16. The van der Waals surface area contributed by atoms with Crippen molar-refractivity contribution in [3.05, 3.63) is 58.0 Å². The topological polar surface area (TPSA) is 102 Å². The van der Waals surface area contributed by atoms with Crippen molar-refractivity contribution in [2.75, 3.05) is 12.4 Å². The normalized spacial score (nSPS) is 10.6. The quantitative estimate of drug-likeness (QED) is 0.677. The van der Waals surface area contributed by atoms with E-state index in [1.807, 2.05) is 5.38 Å². The first-order valence-corrected chi connectivity index (χ1v) is 9.08. The Morgan fingerprint density at radius 2 is 2.00 bits per heavy atom. The van der Waals surface area contributed by atoms with Gasteiger partial charge in [0, 0.05) is 25.2 Å². The van der Waals surface area contributed by atoms with E-state index in [9.17, 15) is 14.4 Å². The fourth-order valence-electron chi connectivity index (χ4n) is 2.44. The number of ether oxygens (including phenoxy) is 1. The summed E-state index contributed by atoms with van der Waals surface area (Å²) in [6.45, 7) is 0.624. The van der Waals surface area contributed by atoms with E-state index >= 15 is 0 Å². The van der Waals surface area contributed by atoms with Gasteiger partial charge in [-0.3, -0.25) is 19.5 Å². The molecule has 0 saturated heterocycles. The number of aromatic nitrogens is 2. The van der Waals surface area contributed by atoms with Gasteiger partial charge in [0.05, 0.1) is 18.8 Å². The zero-order valence-electron chi connectivity index (χ0n) is 14.6. The highest BCUT2D eigenvalue weighted by atomic mass is 32.1. The van der Waals surface area contributed by atoms with Gasteiger partial charge in [0.25, 0.3) is 5.56 Å². The maximum Gasteiger partial charge on any atom is 0.411 e. The molecule has 0 unspecified atom stereocenters. The van der Waals surface area contributed by atoms with Crippen LogP contribution in [0.15, 0.2) is 46.8 Å². The number of nitrogens with one attached hydrogen (secondary N) is 2. The summed E-state index contributed by atoms with van der Waals surface area (Å²) in [6, 6.07) is 8.78. The SMILES string of the molecule is COC(=O)Nc1ccc(CNC(=O)CCn2cnc3sccc3c2=O)cc1. The van der Waals surface area contributed by atoms with Crippen LogP contribution in [0.3, 0.4) is 0 Å². The van der Waals surface area contributed by atoms with Gasteiger partial charge < -0.3 is 10.1 Å². The molecular weight excluding hydrogens is 368 g/mol. The van der Waals surface area contributed by atoms with Crippen LogP contribution < -0.4 is 16.2 Å². The Labute approximate surface area is 158 Å². The van der Waals surface area contributed by atoms with E-state index in [-0.39, 0.29) is 24.4 Å². The summed E-state index contributed by atoms with van der Waals surface area (Å²) in [5.41, 5.74) is 1.35. The van der Waals surface area contributed by atoms with Gasteiger partial charge in [0.2, 0.25) is 5.91 Å². The van der Waals surface area contributed by atoms with Gasteiger partial charge >= 0.3 is 6.09 Å². The van der Waals surface area contributed by atoms with Crippen LogP contribution in [0.4, 0.5) is 10.5 Å². The first kappa shape index (κ1) is 18.6. The number of rotatable bonds is 6. The highest BCUT2D eigenvalue weighted by Crippen LogP contribution is 2.13. The van der Waals surface area contributed by atoms with Crippen molar-refractivity contribution in [2.45, 2.75) is 19.5 Å². The summed E-state index contributed by atoms with van der Waals surface area (Å²) in [4.78, 5) is 40.4. The van der Waals surface area contributed by atoms with Gasteiger partial charge in [-0.25, -0.2) is 9.78 Å². The Bertz CT molecular complexity index is 1010. The molecule has 0 radical (unpaired) electrons. The molecule has 27 heavy (non-hydrogen) atoms. The van der Waals surface area contributed by atoms with Gasteiger partial charge in [0.15, 0.2) is 0 Å². The minimum Gasteiger partial charge on any atom is -0.453 e. The molecule has 0 atom stereocenters. The first-order valence-electron chi connectivity index (χ1n) is 8.20. The lowest BCUT2D eigenvalue weighted by Crippen LogP contribution is -2.27. The number of fused-ring (bicyclic) bond motifs is 1. The van der Waals surface area contributed by atoms with Gasteiger partial charge in [-0.05, 0) is 29.1 Å². The van der Waals surface area contributed by atoms with Crippen LogP contribution in [0.2, 0.25) is 0 Å². The van der Waals surface area contributed by atoms with Crippen LogP contribution in [0.1, 0.15) is 12.0 Å². The number of methoxy groups -OCH3 is 1. The van der Waals surface area contributed by atoms with Crippen LogP contribution >= 0.6 is 11.3 Å². The molecule has 3 aromatic rings. The standard InChI is InChI=1S/C18H18N4O4S/c1-26-18(25)21-13-4-2-12(3-5-13)10-19-15(23)6-8-22-11-20-16-14(17(22)24)7-9-27-16/h2-5,7,9,11H,6,8,10H2,1H3,(H,19,23)(H,21,25). The molecule has 140 valence electrons. The number of thiophene rings is 1. The third-order valence-electron chi connectivity index (χ3n) is 3.91. The van der Waals surface area contributed by atoms with Crippen molar-refractivity contribution in [2.24, 2.45) is 0 Å². The number of anilines is 1. The molecule has 0 spiro atoms. The number of amides is 2. The molecule has 3 rings (SSSR count). The predicted molar refractivity (Wildman–Crippen MR) is 103 cm³/mol. The minimum absolute atomic E-state index is 0.136. The third kappa shape index (κ3) is 4.70. The van der Waals surface area contributed by atoms with Gasteiger partial charge in [-0.1, -0.05) is 12.1 Å². The second-order valence-corrected chi connectivity index (χ2v) is 6.62. The maximum atomic E-state index is 12.3. The second-order valence-electron chi connectivity index (χ2n) is 5.72. The van der Waals surface area contributed by atoms with Crippen LogP contribution in [-0.4, -0.2) is 28.7 Å². The van der Waals surface area contributed by atoms with Crippen LogP contribution in [-0.2, 0) is 22.6 Å². The molecule has 9 heteroatoms. The lowest BCUT2D eigenvalue weighted by molar-refractivity contribution is -0.121. The number of hydrogen-bond donors (Lipinski definition) is 2. The summed E-state index contributed by atoms with van der Waals surface area (Å²) in [5.74, 6) is -0.163. The van der Waals surface area contributed by atoms with Gasteiger partial charge in [-0.15, -0.1) is 11.3 Å². The molecule has 0 bridgehead atoms. The maximum absolute atomic E-state index is 12.3. The molecule has 0 aliphatic heterocycles. The van der Waals surface area contributed by atoms with E-state index in [1.54, 1.807) is 30.3 Å². The highest BCUT2D eigenvalue weighted by Gasteiger charge is 2.07. The second kappa shape index (κ2) is 8.45. The van der Waals surface area contributed by atoms with E-state index in [0.29, 0.717) is 22.4 Å². The van der Waals surface area contributed by atoms with E-state index in [2.05, 4.69) is 20.4 Å². The summed E-state index contributed by atoms with van der Waals surface area (Å²) in [6.07, 6.45) is 1.11. The van der Waals surface area contributed by atoms with Crippen molar-refractivity contribution in [1.82, 2.24) is 14.9 Å². The van der Waals surface area contributed by atoms with E-state index in [4.69, 9.17) is 0 Å². The van der Waals surface area contributed by atoms with Crippen LogP contribution in [0.25, 0.3) is 10.2 Å². The molecule has 1 aromatic carbocycles. The Morgan fingerprint density at radius 3 is 2.74 bits per heavy atom. The monoisotopic (exact) mass is 386 g/mol. The fraction of sp³-hybridized carbons (Fsp3) is 0.222. The molecule has 2 amide bonds. The van der Waals surface area contributed by atoms with Crippen LogP contribution in [0, 0.1) is 0 Å². The summed E-state index contributed by atoms with van der Waals surface area (Å²) >= 11 is 1.41. The Hall–Kier alpha value is -3.20. The fourth-order valence-corrected chi connectivity index (χ4v) is 3.16. The smallest absolute Gasteiger partial charge is 0.411 e.